The molecule has 17 atom stereocenters. The molecule has 6 nitrogen and oxygen atoms in total. The van der Waals surface area contributed by atoms with Gasteiger partial charge in [0.05, 0.1) is 0 Å². The Morgan fingerprint density at radius 3 is 0.804 bits per heavy atom. The summed E-state index contributed by atoms with van der Waals surface area (Å²) in [6.45, 7) is 80.5. The fraction of sp³-hybridized carbons (Fsp3) is 1.00. The highest BCUT2D eigenvalue weighted by Crippen LogP contribution is 2.57. The number of rotatable bonds is 0. The van der Waals surface area contributed by atoms with Crippen LogP contribution in [0.1, 0.15) is 458 Å². The van der Waals surface area contributed by atoms with Gasteiger partial charge in [0.2, 0.25) is 0 Å². The van der Waals surface area contributed by atoms with E-state index in [0.717, 1.165) is 119 Å². The maximum Gasteiger partial charge on any atom is 0.0130 e. The standard InChI is InChI=1S/2C12H22.2C11H21N.C11H20.3C10H19N.C10H20.C9H19N/c1-12(2,3)11-7-9-4-5-10(6-9)8-11;1-12(2,3)11-9-5-4-6-10(11)8-7-9;1-11(2,3)12-7-9-4-5-10(6-9)8-12;1-11(2,3)12-9-5-4-6-10(12)8-7-9;1-11(2,3)10-7-8-4-5-9(10)6-8;3*1-10(2,3)11-7-8-4-5-9(11)6-8;1-10(2,3)9-7-5-4-6-8-9;1-9(2,3)10-7-5-4-6-8-10/h2*9-11H,4-8H2,1-3H3;2*9-10H,4-8H2,1-3H3;8-10H,4-7H2,1-3H3;3*8-9H,4-7H2,1-3H3;9H,4-8H2,1-3H3;4-8H2,1-3H3. The molecular weight excluding hydrogens is 1360 g/mol. The van der Waals surface area contributed by atoms with Crippen LogP contribution in [-0.2, 0) is 0 Å². The predicted octanol–water partition coefficient (Wildman–Crippen LogP) is 29.2. The van der Waals surface area contributed by atoms with Crippen molar-refractivity contribution in [2.45, 2.75) is 522 Å². The molecule has 0 aromatic heterocycles. The largest absolute Gasteiger partial charge is 0.298 e. The molecule has 0 N–H and O–H groups in total. The van der Waals surface area contributed by atoms with E-state index < -0.39 is 0 Å². The summed E-state index contributed by atoms with van der Waals surface area (Å²) < 4.78 is 0. The quantitative estimate of drug-likeness (QED) is 0.239. The van der Waals surface area contributed by atoms with Crippen LogP contribution in [0.2, 0.25) is 0 Å². The molecule has 0 aromatic rings. The Morgan fingerprint density at radius 2 is 0.536 bits per heavy atom. The first-order chi connectivity index (χ1) is 51.8. The van der Waals surface area contributed by atoms with Gasteiger partial charge in [0, 0.05) is 96.2 Å². The normalized spacial score (nSPS) is 36.6. The zero-order valence-electron chi connectivity index (χ0n) is 81.8. The average molecular weight is 1560 g/mol. The van der Waals surface area contributed by atoms with Crippen molar-refractivity contribution in [3.8, 4) is 0 Å². The van der Waals surface area contributed by atoms with Crippen molar-refractivity contribution in [2.75, 3.05) is 45.8 Å². The van der Waals surface area contributed by atoms with Crippen LogP contribution < -0.4 is 0 Å². The lowest BCUT2D eigenvalue weighted by molar-refractivity contribution is 0.0441. The fourth-order valence-electron chi connectivity index (χ4n) is 28.1. The van der Waals surface area contributed by atoms with Crippen LogP contribution in [0.5, 0.6) is 0 Å². The third-order valence-corrected chi connectivity index (χ3v) is 34.0. The van der Waals surface area contributed by atoms with Crippen molar-refractivity contribution in [2.24, 2.45) is 110 Å². The minimum absolute atomic E-state index is 0.403. The molecule has 0 amide bonds. The number of hydrogen-bond acceptors (Lipinski definition) is 6. The average Bonchev–Trinajstić information content (AvgIpc) is 1.66. The molecule has 7 aliphatic heterocycles. The van der Waals surface area contributed by atoms with Crippen LogP contribution in [0.25, 0.3) is 0 Å². The highest BCUT2D eigenvalue weighted by atomic mass is 15.3. The third kappa shape index (κ3) is 27.9. The van der Waals surface area contributed by atoms with E-state index in [-0.39, 0.29) is 0 Å². The van der Waals surface area contributed by atoms with Crippen LogP contribution in [0.15, 0.2) is 0 Å². The molecule has 18 rings (SSSR count). The van der Waals surface area contributed by atoms with Crippen molar-refractivity contribution in [3.05, 3.63) is 0 Å². The van der Waals surface area contributed by atoms with E-state index in [1.165, 1.54) is 283 Å². The van der Waals surface area contributed by atoms with Gasteiger partial charge in [0.1, 0.15) is 0 Å². The lowest BCUT2D eigenvalue weighted by Gasteiger charge is -2.44. The van der Waals surface area contributed by atoms with E-state index in [1.54, 1.807) is 12.8 Å². The molecule has 0 spiro atoms. The van der Waals surface area contributed by atoms with Gasteiger partial charge in [-0.3, -0.25) is 29.4 Å². The Labute approximate surface area is 703 Å². The summed E-state index contributed by atoms with van der Waals surface area (Å²) in [5, 5.41) is 0. The minimum Gasteiger partial charge on any atom is -0.298 e. The van der Waals surface area contributed by atoms with Crippen molar-refractivity contribution < 1.29 is 0 Å². The Hall–Kier alpha value is -0.240. The van der Waals surface area contributed by atoms with Crippen molar-refractivity contribution in [1.82, 2.24) is 29.4 Å². The lowest BCUT2D eigenvalue weighted by atomic mass is 9.66. The first kappa shape index (κ1) is 95.6. The highest BCUT2D eigenvalue weighted by Gasteiger charge is 2.49. The van der Waals surface area contributed by atoms with E-state index in [2.05, 4.69) is 237 Å². The fourth-order valence-corrected chi connectivity index (χ4v) is 28.1. The summed E-state index contributed by atoms with van der Waals surface area (Å²) in [6, 6.07) is 4.63. The first-order valence-corrected chi connectivity index (χ1v) is 50.4. The summed E-state index contributed by atoms with van der Waals surface area (Å²) in [4.78, 5) is 16.1. The van der Waals surface area contributed by atoms with E-state index >= 15 is 0 Å². The smallest absolute Gasteiger partial charge is 0.0130 e. The molecule has 18 aliphatic rings. The van der Waals surface area contributed by atoms with Crippen molar-refractivity contribution in [3.63, 3.8) is 0 Å². The van der Waals surface area contributed by atoms with Gasteiger partial charge < -0.3 is 0 Å². The monoisotopic (exact) mass is 1560 g/mol. The zero-order chi connectivity index (χ0) is 82.5. The molecule has 7 heterocycles. The molecule has 16 bridgehead atoms. The molecule has 7 saturated heterocycles. The minimum atomic E-state index is 0.403. The maximum atomic E-state index is 2.77. The number of likely N-dealkylation sites (tertiary alicyclic amines) is 5. The Bertz CT molecular complexity index is 2380. The Morgan fingerprint density at radius 1 is 0.196 bits per heavy atom. The third-order valence-electron chi connectivity index (χ3n) is 34.0. The number of fused-ring (bicyclic) bond motifs is 16. The number of nitrogens with zero attached hydrogens (tertiary/aromatic N) is 6. The highest BCUT2D eigenvalue weighted by molar-refractivity contribution is 5.03. The summed E-state index contributed by atoms with van der Waals surface area (Å²) in [5.41, 5.74) is 4.77. The van der Waals surface area contributed by atoms with Gasteiger partial charge in [-0.25, -0.2) is 0 Å². The van der Waals surface area contributed by atoms with E-state index in [0.29, 0.717) is 54.9 Å². The van der Waals surface area contributed by atoms with Gasteiger partial charge in [-0.1, -0.05) is 154 Å². The summed E-state index contributed by atoms with van der Waals surface area (Å²) in [7, 11) is 0. The van der Waals surface area contributed by atoms with Crippen molar-refractivity contribution in [1.29, 1.82) is 0 Å². The van der Waals surface area contributed by atoms with Gasteiger partial charge in [-0.15, -0.1) is 0 Å². The molecule has 17 unspecified atom stereocenters. The van der Waals surface area contributed by atoms with Gasteiger partial charge in [-0.05, 0) is 428 Å². The van der Waals surface area contributed by atoms with Crippen LogP contribution in [0, 0.1) is 110 Å². The van der Waals surface area contributed by atoms with E-state index in [9.17, 15) is 0 Å². The summed E-state index contributed by atoms with van der Waals surface area (Å²) in [5.74, 6) is 15.9. The topological polar surface area (TPSA) is 19.4 Å². The van der Waals surface area contributed by atoms with Crippen LogP contribution >= 0.6 is 0 Å². The zero-order valence-corrected chi connectivity index (χ0v) is 81.8. The molecule has 112 heavy (non-hydrogen) atoms. The second-order valence-corrected chi connectivity index (χ2v) is 53.0. The second-order valence-electron chi connectivity index (χ2n) is 53.0. The summed E-state index contributed by atoms with van der Waals surface area (Å²) in [6.07, 6.45) is 58.3. The predicted molar refractivity (Wildman–Crippen MR) is 493 cm³/mol. The van der Waals surface area contributed by atoms with Crippen molar-refractivity contribution >= 4 is 0 Å². The van der Waals surface area contributed by atoms with Crippen LogP contribution in [0.4, 0.5) is 0 Å². The van der Waals surface area contributed by atoms with Gasteiger partial charge in [0.25, 0.3) is 0 Å². The SMILES string of the molecule is CC(C)(C)C1C2CCCC1CC2.CC(C)(C)C1CC2CCC(C2)C1.CC(C)(C)C1CC2CCC1C2.CC(C)(C)C1CCCCC1.CC(C)(C)N1C2CCCC1CC2.CC(C)(C)N1CC2CCC(C2)C1.CC(C)(C)N1CC2CCC1C2.CC(C)(C)N1CC2CCC1C2.CC(C)(C)N1CC2CCC1C2.CC(C)(C)N1CCCCC1. The molecule has 18 fully saturated rings. The van der Waals surface area contributed by atoms with Crippen LogP contribution in [-0.4, -0.2) is 139 Å². The molecule has 0 aromatic carbocycles. The molecule has 11 aliphatic carbocycles. The Kier molecular flexibility index (Phi) is 33.7. The van der Waals surface area contributed by atoms with Gasteiger partial charge in [-0.2, -0.15) is 0 Å². The van der Waals surface area contributed by atoms with E-state index in [4.69, 9.17) is 0 Å². The van der Waals surface area contributed by atoms with Gasteiger partial charge >= 0.3 is 0 Å². The second kappa shape index (κ2) is 39.5. The van der Waals surface area contributed by atoms with E-state index in [1.807, 2.05) is 0 Å². The lowest BCUT2D eigenvalue weighted by Crippen LogP contribution is -2.51. The van der Waals surface area contributed by atoms with Crippen LogP contribution in [0.3, 0.4) is 0 Å². The molecule has 6 heteroatoms. The summed E-state index contributed by atoms with van der Waals surface area (Å²) >= 11 is 0. The molecule has 656 valence electrons. The maximum absolute atomic E-state index is 2.77. The number of hydrogen-bond donors (Lipinski definition) is 0. The molecular formula is C106H202N6. The first-order valence-electron chi connectivity index (χ1n) is 50.4. The number of piperidine rings is 6. The molecule has 0 radical (unpaired) electrons. The Balaban J connectivity index is 0.000000143. The van der Waals surface area contributed by atoms with Gasteiger partial charge in [0.15, 0.2) is 0 Å². The molecule has 11 saturated carbocycles.